The molecule has 0 aliphatic heterocycles. The van der Waals surface area contributed by atoms with Gasteiger partial charge in [-0.15, -0.1) is 0 Å². The summed E-state index contributed by atoms with van der Waals surface area (Å²) in [6, 6.07) is 6.64. The molecule has 0 amide bonds. The molecular formula is C18H33N. The molecule has 1 rings (SSSR count). The second kappa shape index (κ2) is 10.9. The zero-order chi connectivity index (χ0) is 14.7. The van der Waals surface area contributed by atoms with Crippen LogP contribution in [0.3, 0.4) is 0 Å². The molecule has 0 bridgehead atoms. The minimum Gasteiger partial charge on any atom is -0.385 e. The van der Waals surface area contributed by atoms with Gasteiger partial charge in [0.25, 0.3) is 0 Å². The van der Waals surface area contributed by atoms with E-state index in [1.807, 2.05) is 13.8 Å². The molecule has 0 fully saturated rings. The first-order chi connectivity index (χ1) is 9.17. The van der Waals surface area contributed by atoms with E-state index < -0.39 is 0 Å². The third kappa shape index (κ3) is 7.25. The quantitative estimate of drug-likeness (QED) is 0.640. The molecule has 0 aromatic heterocycles. The lowest BCUT2D eigenvalue weighted by atomic mass is 9.98. The lowest BCUT2D eigenvalue weighted by molar-refractivity contribution is 0.461. The van der Waals surface area contributed by atoms with Gasteiger partial charge in [0, 0.05) is 12.2 Å². The van der Waals surface area contributed by atoms with Gasteiger partial charge in [0.2, 0.25) is 0 Å². The Hall–Kier alpha value is -0.980. The van der Waals surface area contributed by atoms with E-state index in [4.69, 9.17) is 0 Å². The van der Waals surface area contributed by atoms with Crippen LogP contribution in [0.15, 0.2) is 18.2 Å². The van der Waals surface area contributed by atoms with Crippen LogP contribution in [0, 0.1) is 19.8 Å². The molecule has 1 heteroatoms. The number of anilines is 1. The van der Waals surface area contributed by atoms with Gasteiger partial charge in [0.15, 0.2) is 0 Å². The SMILES string of the molecule is CC.CCCC(CCC)CNc1ccc(C)cc1C. The predicted octanol–water partition coefficient (Wildman–Crippen LogP) is 5.96. The Labute approximate surface area is 120 Å². The van der Waals surface area contributed by atoms with Gasteiger partial charge >= 0.3 is 0 Å². The first kappa shape index (κ1) is 18.0. The van der Waals surface area contributed by atoms with Crippen LogP contribution < -0.4 is 5.32 Å². The Kier molecular flexibility index (Phi) is 10.3. The molecule has 0 aliphatic carbocycles. The van der Waals surface area contributed by atoms with Gasteiger partial charge in [-0.05, 0) is 44.2 Å². The monoisotopic (exact) mass is 263 g/mol. The number of nitrogens with one attached hydrogen (secondary N) is 1. The first-order valence-corrected chi connectivity index (χ1v) is 7.98. The van der Waals surface area contributed by atoms with Gasteiger partial charge in [-0.25, -0.2) is 0 Å². The lowest BCUT2D eigenvalue weighted by Crippen LogP contribution is -2.14. The van der Waals surface area contributed by atoms with Crippen molar-refractivity contribution in [1.29, 1.82) is 0 Å². The van der Waals surface area contributed by atoms with E-state index in [0.717, 1.165) is 12.5 Å². The van der Waals surface area contributed by atoms with Gasteiger partial charge in [-0.3, -0.25) is 0 Å². The maximum atomic E-state index is 3.61. The van der Waals surface area contributed by atoms with Crippen molar-refractivity contribution in [3.05, 3.63) is 29.3 Å². The Morgan fingerprint density at radius 3 is 2.05 bits per heavy atom. The zero-order valence-corrected chi connectivity index (χ0v) is 13.8. The highest BCUT2D eigenvalue weighted by atomic mass is 14.9. The largest absolute Gasteiger partial charge is 0.385 e. The maximum Gasteiger partial charge on any atom is 0.0370 e. The van der Waals surface area contributed by atoms with Crippen molar-refractivity contribution in [2.45, 2.75) is 67.2 Å². The predicted molar refractivity (Wildman–Crippen MR) is 89.1 cm³/mol. The molecule has 19 heavy (non-hydrogen) atoms. The molecule has 0 spiro atoms. The molecule has 1 N–H and O–H groups in total. The smallest absolute Gasteiger partial charge is 0.0370 e. The van der Waals surface area contributed by atoms with Gasteiger partial charge in [0.05, 0.1) is 0 Å². The number of hydrogen-bond donors (Lipinski definition) is 1. The molecule has 0 unspecified atom stereocenters. The van der Waals surface area contributed by atoms with E-state index in [0.29, 0.717) is 0 Å². The number of rotatable bonds is 7. The van der Waals surface area contributed by atoms with Crippen molar-refractivity contribution in [2.75, 3.05) is 11.9 Å². The number of hydrogen-bond acceptors (Lipinski definition) is 1. The van der Waals surface area contributed by atoms with Crippen molar-refractivity contribution < 1.29 is 0 Å². The fourth-order valence-corrected chi connectivity index (χ4v) is 2.43. The van der Waals surface area contributed by atoms with E-state index in [9.17, 15) is 0 Å². The topological polar surface area (TPSA) is 12.0 Å². The highest BCUT2D eigenvalue weighted by Gasteiger charge is 2.07. The molecular weight excluding hydrogens is 230 g/mol. The average Bonchev–Trinajstić information content (AvgIpc) is 2.40. The number of aryl methyl sites for hydroxylation is 2. The molecule has 1 aromatic carbocycles. The molecule has 0 saturated heterocycles. The molecule has 0 atom stereocenters. The Balaban J connectivity index is 0.00000154. The summed E-state index contributed by atoms with van der Waals surface area (Å²) >= 11 is 0. The summed E-state index contributed by atoms with van der Waals surface area (Å²) in [6.07, 6.45) is 5.26. The van der Waals surface area contributed by atoms with Crippen molar-refractivity contribution in [2.24, 2.45) is 5.92 Å². The minimum absolute atomic E-state index is 0.825. The fourth-order valence-electron chi connectivity index (χ4n) is 2.43. The van der Waals surface area contributed by atoms with Crippen LogP contribution in [0.4, 0.5) is 5.69 Å². The second-order valence-electron chi connectivity index (χ2n) is 5.14. The third-order valence-corrected chi connectivity index (χ3v) is 3.36. The van der Waals surface area contributed by atoms with Gasteiger partial charge in [-0.1, -0.05) is 58.2 Å². The highest BCUT2D eigenvalue weighted by Crippen LogP contribution is 2.19. The number of benzene rings is 1. The third-order valence-electron chi connectivity index (χ3n) is 3.36. The Morgan fingerprint density at radius 1 is 1.00 bits per heavy atom. The van der Waals surface area contributed by atoms with Crippen LogP contribution in [0.25, 0.3) is 0 Å². The standard InChI is InChI=1S/C16H27N.C2H6/c1-5-7-15(8-6-2)12-17-16-10-9-13(3)11-14(16)4;1-2/h9-11,15,17H,5-8,12H2,1-4H3;1-2H3. The maximum absolute atomic E-state index is 3.61. The summed E-state index contributed by atoms with van der Waals surface area (Å²) in [5.41, 5.74) is 4.00. The zero-order valence-electron chi connectivity index (χ0n) is 13.8. The molecule has 1 aromatic rings. The van der Waals surface area contributed by atoms with E-state index >= 15 is 0 Å². The lowest BCUT2D eigenvalue weighted by Gasteiger charge is -2.18. The van der Waals surface area contributed by atoms with Crippen LogP contribution >= 0.6 is 0 Å². The van der Waals surface area contributed by atoms with Gasteiger partial charge in [-0.2, -0.15) is 0 Å². The van der Waals surface area contributed by atoms with Crippen molar-refractivity contribution in [3.8, 4) is 0 Å². The van der Waals surface area contributed by atoms with Gasteiger partial charge in [0.1, 0.15) is 0 Å². The summed E-state index contributed by atoms with van der Waals surface area (Å²) in [5.74, 6) is 0.825. The van der Waals surface area contributed by atoms with Crippen LogP contribution in [-0.2, 0) is 0 Å². The van der Waals surface area contributed by atoms with E-state index in [-0.39, 0.29) is 0 Å². The minimum atomic E-state index is 0.825. The summed E-state index contributed by atoms with van der Waals surface area (Å²) in [6.45, 7) is 14.0. The molecule has 0 aliphatic rings. The summed E-state index contributed by atoms with van der Waals surface area (Å²) in [7, 11) is 0. The van der Waals surface area contributed by atoms with Crippen LogP contribution in [0.1, 0.15) is 64.5 Å². The van der Waals surface area contributed by atoms with Gasteiger partial charge < -0.3 is 5.32 Å². The van der Waals surface area contributed by atoms with E-state index in [2.05, 4.69) is 51.2 Å². The Bertz CT molecular complexity index is 324. The van der Waals surface area contributed by atoms with Crippen molar-refractivity contribution >= 4 is 5.69 Å². The molecule has 110 valence electrons. The van der Waals surface area contributed by atoms with Crippen molar-refractivity contribution in [1.82, 2.24) is 0 Å². The van der Waals surface area contributed by atoms with Crippen molar-refractivity contribution in [3.63, 3.8) is 0 Å². The summed E-state index contributed by atoms with van der Waals surface area (Å²) in [5, 5.41) is 3.61. The highest BCUT2D eigenvalue weighted by molar-refractivity contribution is 5.51. The normalized spacial score (nSPS) is 10.1. The van der Waals surface area contributed by atoms with Crippen LogP contribution in [0.5, 0.6) is 0 Å². The molecule has 1 nitrogen and oxygen atoms in total. The Morgan fingerprint density at radius 2 is 1.58 bits per heavy atom. The summed E-state index contributed by atoms with van der Waals surface area (Å²) < 4.78 is 0. The second-order valence-corrected chi connectivity index (χ2v) is 5.14. The van der Waals surface area contributed by atoms with E-state index in [1.54, 1.807) is 0 Å². The first-order valence-electron chi connectivity index (χ1n) is 7.98. The fraction of sp³-hybridized carbons (Fsp3) is 0.667. The average molecular weight is 263 g/mol. The van der Waals surface area contributed by atoms with Crippen LogP contribution in [-0.4, -0.2) is 6.54 Å². The van der Waals surface area contributed by atoms with Crippen LogP contribution in [0.2, 0.25) is 0 Å². The van der Waals surface area contributed by atoms with E-state index in [1.165, 1.54) is 42.5 Å². The summed E-state index contributed by atoms with van der Waals surface area (Å²) in [4.78, 5) is 0. The molecule has 0 saturated carbocycles. The molecule has 0 radical (unpaired) electrons. The molecule has 0 heterocycles.